The molecule has 0 aromatic heterocycles. The van der Waals surface area contributed by atoms with Crippen LogP contribution < -0.4 is 19.6 Å². The van der Waals surface area contributed by atoms with Gasteiger partial charge in [-0.15, -0.1) is 0 Å². The monoisotopic (exact) mass is 471 g/mol. The lowest BCUT2D eigenvalue weighted by atomic mass is 10.1. The lowest BCUT2D eigenvalue weighted by Crippen LogP contribution is -2.24. The van der Waals surface area contributed by atoms with Crippen LogP contribution in [-0.4, -0.2) is 37.9 Å². The van der Waals surface area contributed by atoms with Crippen molar-refractivity contribution in [1.82, 2.24) is 5.43 Å². The summed E-state index contributed by atoms with van der Waals surface area (Å²) in [5.41, 5.74) is 2.30. The second-order valence-electron chi connectivity index (χ2n) is 5.18. The molecular formula is C17H15BrClN3O6. The molecule has 0 aliphatic heterocycles. The molecule has 0 saturated carbocycles. The topological polar surface area (TPSA) is 112 Å². The van der Waals surface area contributed by atoms with Crippen LogP contribution in [0.15, 0.2) is 39.9 Å². The number of rotatable bonds is 8. The van der Waals surface area contributed by atoms with Crippen LogP contribution in [0.25, 0.3) is 0 Å². The van der Waals surface area contributed by atoms with Gasteiger partial charge < -0.3 is 14.2 Å². The van der Waals surface area contributed by atoms with Gasteiger partial charge in [0.2, 0.25) is 5.75 Å². The van der Waals surface area contributed by atoms with Gasteiger partial charge in [-0.1, -0.05) is 11.6 Å². The fourth-order valence-electron chi connectivity index (χ4n) is 2.09. The molecule has 2 rings (SSSR count). The summed E-state index contributed by atoms with van der Waals surface area (Å²) < 4.78 is 16.1. The van der Waals surface area contributed by atoms with Gasteiger partial charge in [0.1, 0.15) is 11.5 Å². The Morgan fingerprint density at radius 2 is 1.96 bits per heavy atom. The first-order chi connectivity index (χ1) is 13.3. The molecule has 9 nitrogen and oxygen atoms in total. The minimum absolute atomic E-state index is 0.0463. The molecule has 11 heteroatoms. The number of halogens is 2. The average Bonchev–Trinajstić information content (AvgIpc) is 2.66. The minimum Gasteiger partial charge on any atom is -0.496 e. The Morgan fingerprint density at radius 1 is 1.25 bits per heavy atom. The first kappa shape index (κ1) is 21.5. The van der Waals surface area contributed by atoms with E-state index < -0.39 is 10.8 Å². The maximum Gasteiger partial charge on any atom is 0.311 e. The van der Waals surface area contributed by atoms with E-state index in [1.165, 1.54) is 32.6 Å². The summed E-state index contributed by atoms with van der Waals surface area (Å²) >= 11 is 9.11. The predicted octanol–water partition coefficient (Wildman–Crippen LogP) is 3.56. The normalized spacial score (nSPS) is 10.6. The van der Waals surface area contributed by atoms with Crippen LogP contribution in [0.3, 0.4) is 0 Å². The molecule has 0 bridgehead atoms. The highest BCUT2D eigenvalue weighted by Crippen LogP contribution is 2.33. The number of hydrogen-bond acceptors (Lipinski definition) is 7. The molecule has 0 radical (unpaired) electrons. The van der Waals surface area contributed by atoms with Crippen molar-refractivity contribution in [3.63, 3.8) is 0 Å². The van der Waals surface area contributed by atoms with E-state index in [4.69, 9.17) is 25.8 Å². The van der Waals surface area contributed by atoms with Gasteiger partial charge in [0.15, 0.2) is 6.61 Å². The van der Waals surface area contributed by atoms with Crippen molar-refractivity contribution in [3.05, 3.63) is 55.5 Å². The zero-order chi connectivity index (χ0) is 20.7. The quantitative estimate of drug-likeness (QED) is 0.357. The first-order valence-electron chi connectivity index (χ1n) is 7.66. The Labute approximate surface area is 173 Å². The van der Waals surface area contributed by atoms with Gasteiger partial charge in [0.05, 0.1) is 29.8 Å². The summed E-state index contributed by atoms with van der Waals surface area (Å²) in [6, 6.07) is 7.47. The molecule has 28 heavy (non-hydrogen) atoms. The summed E-state index contributed by atoms with van der Waals surface area (Å²) in [6.45, 7) is -0.294. The standard InChI is InChI=1S/C17H15BrClN3O6/c1-26-15-7-16(27-2)13(22(24)25)5-10(15)8-20-21-17(23)9-28-14-4-3-11(19)6-12(14)18/h3-8H,9H2,1-2H3,(H,21,23)/b20-8-. The Morgan fingerprint density at radius 3 is 2.57 bits per heavy atom. The van der Waals surface area contributed by atoms with Gasteiger partial charge in [-0.05, 0) is 34.1 Å². The average molecular weight is 473 g/mol. The Balaban J connectivity index is 2.04. The number of ether oxygens (including phenoxy) is 3. The predicted molar refractivity (Wildman–Crippen MR) is 107 cm³/mol. The van der Waals surface area contributed by atoms with Crippen LogP contribution in [0.1, 0.15) is 5.56 Å². The third-order valence-corrected chi connectivity index (χ3v) is 4.23. The molecular weight excluding hydrogens is 458 g/mol. The van der Waals surface area contributed by atoms with Crippen molar-refractivity contribution >= 4 is 45.3 Å². The highest BCUT2D eigenvalue weighted by Gasteiger charge is 2.18. The molecule has 0 heterocycles. The van der Waals surface area contributed by atoms with Crippen molar-refractivity contribution in [3.8, 4) is 17.2 Å². The molecule has 0 unspecified atom stereocenters. The lowest BCUT2D eigenvalue weighted by molar-refractivity contribution is -0.385. The Bertz CT molecular complexity index is 922. The van der Waals surface area contributed by atoms with Gasteiger partial charge >= 0.3 is 5.69 Å². The number of hydrazone groups is 1. The maximum absolute atomic E-state index is 11.9. The van der Waals surface area contributed by atoms with Gasteiger partial charge in [0, 0.05) is 22.7 Å². The zero-order valence-corrected chi connectivity index (χ0v) is 17.1. The maximum atomic E-state index is 11.9. The first-order valence-corrected chi connectivity index (χ1v) is 8.83. The summed E-state index contributed by atoms with van der Waals surface area (Å²) in [5.74, 6) is 0.253. The largest absolute Gasteiger partial charge is 0.496 e. The molecule has 2 aromatic rings. The van der Waals surface area contributed by atoms with E-state index in [9.17, 15) is 14.9 Å². The van der Waals surface area contributed by atoms with Crippen molar-refractivity contribution in [2.24, 2.45) is 5.10 Å². The molecule has 2 aromatic carbocycles. The summed E-state index contributed by atoms with van der Waals surface area (Å²) in [6.07, 6.45) is 1.22. The van der Waals surface area contributed by atoms with Crippen LogP contribution in [0.2, 0.25) is 5.02 Å². The van der Waals surface area contributed by atoms with Crippen LogP contribution in [0, 0.1) is 10.1 Å². The van der Waals surface area contributed by atoms with E-state index in [0.717, 1.165) is 0 Å². The molecule has 0 saturated heterocycles. The zero-order valence-electron chi connectivity index (χ0n) is 14.8. The number of hydrogen-bond donors (Lipinski definition) is 1. The number of nitro groups is 1. The number of amides is 1. The summed E-state index contributed by atoms with van der Waals surface area (Å²) in [4.78, 5) is 22.4. The summed E-state index contributed by atoms with van der Waals surface area (Å²) in [5, 5.41) is 15.4. The van der Waals surface area contributed by atoms with Crippen molar-refractivity contribution in [2.75, 3.05) is 20.8 Å². The molecule has 148 valence electrons. The molecule has 1 amide bonds. The van der Waals surface area contributed by atoms with Gasteiger partial charge in [-0.25, -0.2) is 5.43 Å². The number of carbonyl (C=O) groups is 1. The highest BCUT2D eigenvalue weighted by molar-refractivity contribution is 9.10. The molecule has 0 atom stereocenters. The van der Waals surface area contributed by atoms with Crippen LogP contribution in [0.5, 0.6) is 17.2 Å². The fraction of sp³-hybridized carbons (Fsp3) is 0.176. The van der Waals surface area contributed by atoms with E-state index in [0.29, 0.717) is 21.0 Å². The molecule has 0 spiro atoms. The highest BCUT2D eigenvalue weighted by atomic mass is 79.9. The number of nitro benzene ring substituents is 1. The third kappa shape index (κ3) is 5.57. The number of carbonyl (C=O) groups excluding carboxylic acids is 1. The lowest BCUT2D eigenvalue weighted by Gasteiger charge is -2.08. The molecule has 0 aliphatic rings. The Hall–Kier alpha value is -2.85. The molecule has 0 fully saturated rings. The fourth-order valence-corrected chi connectivity index (χ4v) is 2.89. The van der Waals surface area contributed by atoms with E-state index >= 15 is 0 Å². The smallest absolute Gasteiger partial charge is 0.311 e. The molecule has 0 aliphatic carbocycles. The second-order valence-corrected chi connectivity index (χ2v) is 6.47. The van der Waals surface area contributed by atoms with E-state index in [-0.39, 0.29) is 23.6 Å². The van der Waals surface area contributed by atoms with Crippen LogP contribution >= 0.6 is 27.5 Å². The second kappa shape index (κ2) is 9.90. The van der Waals surface area contributed by atoms with Crippen molar-refractivity contribution in [1.29, 1.82) is 0 Å². The summed E-state index contributed by atoms with van der Waals surface area (Å²) in [7, 11) is 2.71. The van der Waals surface area contributed by atoms with E-state index in [2.05, 4.69) is 26.5 Å². The Kier molecular flexibility index (Phi) is 7.59. The number of nitrogens with zero attached hydrogens (tertiary/aromatic N) is 2. The number of methoxy groups -OCH3 is 2. The molecule has 1 N–H and O–H groups in total. The van der Waals surface area contributed by atoms with Gasteiger partial charge in [-0.3, -0.25) is 14.9 Å². The minimum atomic E-state index is -0.591. The van der Waals surface area contributed by atoms with Gasteiger partial charge in [0.25, 0.3) is 5.91 Å². The number of nitrogens with one attached hydrogen (secondary N) is 1. The van der Waals surface area contributed by atoms with Crippen molar-refractivity contribution < 1.29 is 23.9 Å². The van der Waals surface area contributed by atoms with Crippen molar-refractivity contribution in [2.45, 2.75) is 0 Å². The number of benzene rings is 2. The SMILES string of the molecule is COc1cc(OC)c([N+](=O)[O-])cc1/C=N\NC(=O)COc1ccc(Cl)cc1Br. The van der Waals surface area contributed by atoms with Crippen LogP contribution in [-0.2, 0) is 4.79 Å². The van der Waals surface area contributed by atoms with E-state index in [1.54, 1.807) is 18.2 Å². The third-order valence-electron chi connectivity index (χ3n) is 3.37. The van der Waals surface area contributed by atoms with Crippen LogP contribution in [0.4, 0.5) is 5.69 Å². The van der Waals surface area contributed by atoms with E-state index in [1.807, 2.05) is 0 Å². The van der Waals surface area contributed by atoms with Gasteiger partial charge in [-0.2, -0.15) is 5.10 Å².